The van der Waals surface area contributed by atoms with Gasteiger partial charge in [0, 0.05) is 0 Å². The summed E-state index contributed by atoms with van der Waals surface area (Å²) in [5.74, 6) is 1.70. The first-order valence-corrected chi connectivity index (χ1v) is 8.32. The highest BCUT2D eigenvalue weighted by Crippen LogP contribution is 2.38. The number of rotatable bonds is 9. The molecule has 0 heterocycles. The molecular weight excluding hydrogens is 352 g/mol. The molecule has 2 atom stereocenters. The van der Waals surface area contributed by atoms with Gasteiger partial charge in [-0.1, -0.05) is 24.3 Å². The molecule has 7 nitrogen and oxygen atoms in total. The molecule has 0 radical (unpaired) electrons. The Balaban J connectivity index is 2.30. The molecule has 0 spiro atoms. The number of aliphatic hydroxyl groups excluding tert-OH is 4. The maximum absolute atomic E-state index is 10.0. The maximum Gasteiger partial charge on any atom is 0.169 e. The van der Waals surface area contributed by atoms with E-state index in [-0.39, 0.29) is 6.61 Å². The molecule has 0 unspecified atom stereocenters. The molecule has 2 aromatic carbocycles. The van der Waals surface area contributed by atoms with Gasteiger partial charge in [0.15, 0.2) is 23.0 Å². The van der Waals surface area contributed by atoms with Gasteiger partial charge >= 0.3 is 0 Å². The van der Waals surface area contributed by atoms with Crippen molar-refractivity contribution < 1.29 is 34.6 Å². The highest BCUT2D eigenvalue weighted by Gasteiger charge is 2.20. The Hall–Kier alpha value is -2.58. The second-order valence-electron chi connectivity index (χ2n) is 5.70. The van der Waals surface area contributed by atoms with Crippen LogP contribution < -0.4 is 14.2 Å². The lowest BCUT2D eigenvalue weighted by Crippen LogP contribution is -2.22. The quantitative estimate of drug-likeness (QED) is 0.529. The fraction of sp³-hybridized carbons (Fsp3) is 0.300. The average Bonchev–Trinajstić information content (AvgIpc) is 2.71. The molecule has 0 amide bonds. The summed E-state index contributed by atoms with van der Waals surface area (Å²) in [6, 6.07) is 10.0. The zero-order chi connectivity index (χ0) is 19.8. The van der Waals surface area contributed by atoms with Crippen LogP contribution in [-0.4, -0.2) is 54.0 Å². The number of methoxy groups -OCH3 is 2. The highest BCUT2D eigenvalue weighted by atomic mass is 16.5. The molecular formula is C20H24O7. The molecule has 146 valence electrons. The van der Waals surface area contributed by atoms with Crippen LogP contribution >= 0.6 is 0 Å². The van der Waals surface area contributed by atoms with Gasteiger partial charge < -0.3 is 34.6 Å². The molecule has 0 aromatic heterocycles. The Morgan fingerprint density at radius 3 is 2.11 bits per heavy atom. The summed E-state index contributed by atoms with van der Waals surface area (Å²) >= 11 is 0. The van der Waals surface area contributed by atoms with Gasteiger partial charge in [0.05, 0.1) is 27.4 Å². The number of benzene rings is 2. The lowest BCUT2D eigenvalue weighted by molar-refractivity contribution is -0.0153. The minimum atomic E-state index is -1.29. The fourth-order valence-corrected chi connectivity index (χ4v) is 2.45. The SMILES string of the molecule is COc1cc(C=CCO)ccc1Oc1ccc([C@@H](O)[C@H](O)CO)cc1OC. The van der Waals surface area contributed by atoms with Crippen molar-refractivity contribution in [3.05, 3.63) is 53.6 Å². The standard InChI is InChI=1S/C20H24O7/c1-25-18-10-13(4-3-9-21)5-7-16(18)27-17-8-6-14(11-19(17)26-2)20(24)15(23)12-22/h3-8,10-11,15,20-24H,9,12H2,1-2H3/t15-,20-/m1/s1. The highest BCUT2D eigenvalue weighted by molar-refractivity contribution is 5.57. The van der Waals surface area contributed by atoms with Crippen LogP contribution in [0.5, 0.6) is 23.0 Å². The van der Waals surface area contributed by atoms with Crippen LogP contribution in [0.15, 0.2) is 42.5 Å². The van der Waals surface area contributed by atoms with Gasteiger partial charge in [-0.25, -0.2) is 0 Å². The van der Waals surface area contributed by atoms with Crippen molar-refractivity contribution in [2.24, 2.45) is 0 Å². The van der Waals surface area contributed by atoms with Crippen molar-refractivity contribution >= 4 is 6.08 Å². The van der Waals surface area contributed by atoms with Gasteiger partial charge in [-0.2, -0.15) is 0 Å². The molecule has 27 heavy (non-hydrogen) atoms. The largest absolute Gasteiger partial charge is 0.493 e. The van der Waals surface area contributed by atoms with Gasteiger partial charge in [-0.05, 0) is 35.4 Å². The van der Waals surface area contributed by atoms with Crippen molar-refractivity contribution in [3.8, 4) is 23.0 Å². The lowest BCUT2D eigenvalue weighted by Gasteiger charge is -2.18. The van der Waals surface area contributed by atoms with Crippen LogP contribution in [0.3, 0.4) is 0 Å². The molecule has 0 fully saturated rings. The summed E-state index contributed by atoms with van der Waals surface area (Å²) < 4.78 is 16.6. The van der Waals surface area contributed by atoms with E-state index in [2.05, 4.69) is 0 Å². The molecule has 4 N–H and O–H groups in total. The smallest absolute Gasteiger partial charge is 0.169 e. The first-order chi connectivity index (χ1) is 13.0. The van der Waals surface area contributed by atoms with Crippen LogP contribution in [0.4, 0.5) is 0 Å². The number of ether oxygens (including phenoxy) is 3. The van der Waals surface area contributed by atoms with E-state index in [0.717, 1.165) is 5.56 Å². The first-order valence-electron chi connectivity index (χ1n) is 8.32. The molecule has 0 aliphatic heterocycles. The van der Waals surface area contributed by atoms with Gasteiger partial charge in [0.25, 0.3) is 0 Å². The summed E-state index contributed by atoms with van der Waals surface area (Å²) in [6.07, 6.45) is 0.838. The van der Waals surface area contributed by atoms with E-state index in [1.54, 1.807) is 36.4 Å². The van der Waals surface area contributed by atoms with Crippen molar-refractivity contribution in [2.45, 2.75) is 12.2 Å². The molecule has 2 rings (SSSR count). The molecule has 0 aliphatic rings. The number of aliphatic hydroxyl groups is 4. The Morgan fingerprint density at radius 2 is 1.52 bits per heavy atom. The minimum absolute atomic E-state index is 0.0546. The van der Waals surface area contributed by atoms with Crippen LogP contribution in [-0.2, 0) is 0 Å². The topological polar surface area (TPSA) is 109 Å². The summed E-state index contributed by atoms with van der Waals surface area (Å²) in [5.41, 5.74) is 1.23. The summed E-state index contributed by atoms with van der Waals surface area (Å²) in [6.45, 7) is -0.614. The zero-order valence-corrected chi connectivity index (χ0v) is 15.2. The predicted molar refractivity (Wildman–Crippen MR) is 100 cm³/mol. The van der Waals surface area contributed by atoms with E-state index in [1.165, 1.54) is 20.3 Å². The molecule has 7 heteroatoms. The number of hydrogen-bond donors (Lipinski definition) is 4. The lowest BCUT2D eigenvalue weighted by atomic mass is 10.0. The molecule has 0 aliphatic carbocycles. The Kier molecular flexibility index (Phi) is 7.63. The van der Waals surface area contributed by atoms with Crippen LogP contribution in [0.1, 0.15) is 17.2 Å². The second kappa shape index (κ2) is 9.94. The van der Waals surface area contributed by atoms with Gasteiger partial charge in [0.2, 0.25) is 0 Å². The van der Waals surface area contributed by atoms with E-state index in [4.69, 9.17) is 24.4 Å². The molecule has 2 aromatic rings. The second-order valence-corrected chi connectivity index (χ2v) is 5.70. The normalized spacial score (nSPS) is 13.4. The molecule has 0 saturated heterocycles. The Labute approximate surface area is 157 Å². The van der Waals surface area contributed by atoms with E-state index in [9.17, 15) is 10.2 Å². The van der Waals surface area contributed by atoms with Crippen molar-refractivity contribution in [1.82, 2.24) is 0 Å². The molecule has 0 bridgehead atoms. The number of hydrogen-bond acceptors (Lipinski definition) is 7. The zero-order valence-electron chi connectivity index (χ0n) is 15.2. The van der Waals surface area contributed by atoms with E-state index < -0.39 is 18.8 Å². The van der Waals surface area contributed by atoms with E-state index in [1.807, 2.05) is 6.07 Å². The summed E-state index contributed by atoms with van der Waals surface area (Å²) in [4.78, 5) is 0. The third-order valence-corrected chi connectivity index (χ3v) is 3.90. The first kappa shape index (κ1) is 20.7. The summed E-state index contributed by atoms with van der Waals surface area (Å²) in [7, 11) is 2.98. The Morgan fingerprint density at radius 1 is 0.889 bits per heavy atom. The Bertz CT molecular complexity index is 773. The van der Waals surface area contributed by atoms with Crippen molar-refractivity contribution in [1.29, 1.82) is 0 Å². The average molecular weight is 376 g/mol. The monoisotopic (exact) mass is 376 g/mol. The van der Waals surface area contributed by atoms with Crippen LogP contribution in [0.25, 0.3) is 6.08 Å². The van der Waals surface area contributed by atoms with Crippen LogP contribution in [0.2, 0.25) is 0 Å². The van der Waals surface area contributed by atoms with Gasteiger partial charge in [-0.3, -0.25) is 0 Å². The van der Waals surface area contributed by atoms with Gasteiger partial charge in [-0.15, -0.1) is 0 Å². The van der Waals surface area contributed by atoms with Crippen molar-refractivity contribution in [3.63, 3.8) is 0 Å². The fourth-order valence-electron chi connectivity index (χ4n) is 2.45. The van der Waals surface area contributed by atoms with Crippen molar-refractivity contribution in [2.75, 3.05) is 27.4 Å². The summed E-state index contributed by atoms with van der Waals surface area (Å²) in [5, 5.41) is 37.5. The predicted octanol–water partition coefficient (Wildman–Crippen LogP) is 1.89. The van der Waals surface area contributed by atoms with Gasteiger partial charge in [0.1, 0.15) is 12.2 Å². The third kappa shape index (κ3) is 5.21. The van der Waals surface area contributed by atoms with E-state index >= 15 is 0 Å². The van der Waals surface area contributed by atoms with E-state index in [0.29, 0.717) is 28.6 Å². The van der Waals surface area contributed by atoms with Crippen LogP contribution in [0, 0.1) is 0 Å². The minimum Gasteiger partial charge on any atom is -0.493 e. The molecule has 0 saturated carbocycles. The maximum atomic E-state index is 10.0. The third-order valence-electron chi connectivity index (χ3n) is 3.90.